The molecule has 0 saturated heterocycles. The number of hydrogen-bond acceptors (Lipinski definition) is 3. The lowest BCUT2D eigenvalue weighted by atomic mass is 9.90. The summed E-state index contributed by atoms with van der Waals surface area (Å²) in [6.07, 6.45) is 3.25. The van der Waals surface area contributed by atoms with E-state index in [-0.39, 0.29) is 5.41 Å². The normalized spacial score (nSPS) is 14.7. The second kappa shape index (κ2) is 7.89. The van der Waals surface area contributed by atoms with Gasteiger partial charge in [-0.15, -0.1) is 11.3 Å². The van der Waals surface area contributed by atoms with Gasteiger partial charge in [-0.1, -0.05) is 39.0 Å². The molecule has 1 aliphatic rings. The van der Waals surface area contributed by atoms with Crippen molar-refractivity contribution in [3.63, 3.8) is 0 Å². The van der Waals surface area contributed by atoms with Crippen molar-refractivity contribution >= 4 is 34.3 Å². The third-order valence-electron chi connectivity index (χ3n) is 5.00. The number of nitrogens with zero attached hydrogens (tertiary/aromatic N) is 1. The van der Waals surface area contributed by atoms with Gasteiger partial charge in [-0.25, -0.2) is 0 Å². The highest BCUT2D eigenvalue weighted by molar-refractivity contribution is 7.16. The van der Waals surface area contributed by atoms with E-state index in [2.05, 4.69) is 69.6 Å². The summed E-state index contributed by atoms with van der Waals surface area (Å²) in [6, 6.07) is 6.76. The van der Waals surface area contributed by atoms with Gasteiger partial charge in [0.05, 0.1) is 10.9 Å². The number of nitrogens with one attached hydrogen (secondary N) is 1. The van der Waals surface area contributed by atoms with Crippen LogP contribution in [0.1, 0.15) is 55.2 Å². The first-order chi connectivity index (χ1) is 12.6. The summed E-state index contributed by atoms with van der Waals surface area (Å²) < 4.78 is 0.908. The average molecular weight is 403 g/mol. The first-order valence-corrected chi connectivity index (χ1v) is 10.9. The lowest BCUT2D eigenvalue weighted by molar-refractivity contribution is 0.411. The number of fused-ring (bicyclic) bond motifs is 1. The van der Waals surface area contributed by atoms with Crippen molar-refractivity contribution in [2.45, 2.75) is 60.4 Å². The Morgan fingerprint density at radius 2 is 1.89 bits per heavy atom. The lowest BCUT2D eigenvalue weighted by Gasteiger charge is -2.26. The first kappa shape index (κ1) is 20.3. The summed E-state index contributed by atoms with van der Waals surface area (Å²) in [7, 11) is 0. The van der Waals surface area contributed by atoms with Gasteiger partial charge in [-0.05, 0) is 73.4 Å². The fourth-order valence-electron chi connectivity index (χ4n) is 3.89. The molecular formula is C23H31ClN2S. The predicted octanol–water partition coefficient (Wildman–Crippen LogP) is 7.33. The summed E-state index contributed by atoms with van der Waals surface area (Å²) in [4.78, 5) is 3.90. The van der Waals surface area contributed by atoms with Gasteiger partial charge in [0.1, 0.15) is 0 Å². The van der Waals surface area contributed by atoms with Gasteiger partial charge in [0.15, 0.2) is 0 Å². The Kier molecular flexibility index (Phi) is 5.93. The molecule has 4 heteroatoms. The minimum atomic E-state index is 0.234. The highest BCUT2D eigenvalue weighted by atomic mass is 35.5. The predicted molar refractivity (Wildman–Crippen MR) is 121 cm³/mol. The zero-order chi connectivity index (χ0) is 19.8. The summed E-state index contributed by atoms with van der Waals surface area (Å²) in [6.45, 7) is 17.4. The Hall–Kier alpha value is -1.45. The maximum absolute atomic E-state index is 6.25. The van der Waals surface area contributed by atoms with Crippen molar-refractivity contribution in [2.24, 2.45) is 5.41 Å². The van der Waals surface area contributed by atoms with Gasteiger partial charge < -0.3 is 10.2 Å². The Labute approximate surface area is 173 Å². The van der Waals surface area contributed by atoms with E-state index in [0.29, 0.717) is 0 Å². The van der Waals surface area contributed by atoms with Crippen molar-refractivity contribution in [1.29, 1.82) is 0 Å². The second-order valence-electron chi connectivity index (χ2n) is 8.94. The van der Waals surface area contributed by atoms with E-state index in [0.717, 1.165) is 36.0 Å². The monoisotopic (exact) mass is 402 g/mol. The number of hydrogen-bond donors (Lipinski definition) is 1. The molecular weight excluding hydrogens is 372 g/mol. The standard InChI is InChI=1S/C23H31ClN2S/c1-15-10-19(11-16(2)22(15)25-17(3)13-23(4,5)6)26-9-7-8-18-12-21(24)27-20(18)14-26/h10-12,25H,3,7-9,13-14H2,1-2,4-6H3. The van der Waals surface area contributed by atoms with Crippen molar-refractivity contribution in [2.75, 3.05) is 16.8 Å². The van der Waals surface area contributed by atoms with Crippen LogP contribution in [0.2, 0.25) is 4.34 Å². The number of anilines is 2. The van der Waals surface area contributed by atoms with Crippen molar-refractivity contribution in [1.82, 2.24) is 0 Å². The van der Waals surface area contributed by atoms with E-state index in [4.69, 9.17) is 11.6 Å². The molecule has 0 atom stereocenters. The van der Waals surface area contributed by atoms with Crippen LogP contribution in [0.5, 0.6) is 0 Å². The molecule has 2 nitrogen and oxygen atoms in total. The molecule has 0 bridgehead atoms. The maximum atomic E-state index is 6.25. The largest absolute Gasteiger partial charge is 0.366 e. The molecule has 2 heterocycles. The zero-order valence-electron chi connectivity index (χ0n) is 17.2. The van der Waals surface area contributed by atoms with Gasteiger partial charge in [0.2, 0.25) is 0 Å². The summed E-state index contributed by atoms with van der Waals surface area (Å²) in [5.74, 6) is 0. The second-order valence-corrected chi connectivity index (χ2v) is 10.7. The van der Waals surface area contributed by atoms with Gasteiger partial charge in [0, 0.05) is 28.5 Å². The Morgan fingerprint density at radius 3 is 2.52 bits per heavy atom. The van der Waals surface area contributed by atoms with Crippen LogP contribution in [0.4, 0.5) is 11.4 Å². The van der Waals surface area contributed by atoms with Gasteiger partial charge in [-0.2, -0.15) is 0 Å². The Morgan fingerprint density at radius 1 is 1.22 bits per heavy atom. The van der Waals surface area contributed by atoms with Crippen LogP contribution in [0.15, 0.2) is 30.5 Å². The molecule has 0 fully saturated rings. The number of benzene rings is 1. The van der Waals surface area contributed by atoms with Crippen LogP contribution in [-0.4, -0.2) is 6.54 Å². The van der Waals surface area contributed by atoms with E-state index in [1.165, 1.54) is 39.4 Å². The smallest absolute Gasteiger partial charge is 0.0934 e. The lowest BCUT2D eigenvalue weighted by Crippen LogP contribution is -2.22. The fraction of sp³-hybridized carbons (Fsp3) is 0.478. The molecule has 0 spiro atoms. The SMILES string of the molecule is C=C(CC(C)(C)C)Nc1c(C)cc(N2CCCc3cc(Cl)sc3C2)cc1C. The van der Waals surface area contributed by atoms with Crippen molar-refractivity contribution < 1.29 is 0 Å². The number of allylic oxidation sites excluding steroid dienone is 1. The van der Waals surface area contributed by atoms with Gasteiger partial charge in [0.25, 0.3) is 0 Å². The molecule has 146 valence electrons. The molecule has 3 rings (SSSR count). The van der Waals surface area contributed by atoms with Crippen LogP contribution < -0.4 is 10.2 Å². The Bertz CT molecular complexity index is 822. The fourth-order valence-corrected chi connectivity index (χ4v) is 5.25. The number of rotatable bonds is 4. The summed E-state index contributed by atoms with van der Waals surface area (Å²) in [5, 5.41) is 3.57. The molecule has 1 aliphatic heterocycles. The first-order valence-electron chi connectivity index (χ1n) is 9.70. The summed E-state index contributed by atoms with van der Waals surface area (Å²) in [5.41, 5.74) is 7.78. The molecule has 1 N–H and O–H groups in total. The topological polar surface area (TPSA) is 15.3 Å². The van der Waals surface area contributed by atoms with E-state index < -0.39 is 0 Å². The third kappa shape index (κ3) is 5.08. The van der Waals surface area contributed by atoms with E-state index in [9.17, 15) is 0 Å². The molecule has 27 heavy (non-hydrogen) atoms. The number of halogens is 1. The molecule has 1 aromatic heterocycles. The zero-order valence-corrected chi connectivity index (χ0v) is 18.8. The molecule has 0 radical (unpaired) electrons. The van der Waals surface area contributed by atoms with E-state index >= 15 is 0 Å². The molecule has 0 aliphatic carbocycles. The molecule has 1 aromatic carbocycles. The summed E-state index contributed by atoms with van der Waals surface area (Å²) >= 11 is 7.97. The quantitative estimate of drug-likeness (QED) is 0.575. The maximum Gasteiger partial charge on any atom is 0.0934 e. The van der Waals surface area contributed by atoms with E-state index in [1.807, 2.05) is 0 Å². The highest BCUT2D eigenvalue weighted by Crippen LogP contribution is 2.35. The van der Waals surface area contributed by atoms with Crippen molar-refractivity contribution in [3.8, 4) is 0 Å². The molecule has 0 amide bonds. The minimum Gasteiger partial charge on any atom is -0.366 e. The molecule has 0 unspecified atom stereocenters. The number of aryl methyl sites for hydroxylation is 3. The van der Waals surface area contributed by atoms with Crippen LogP contribution in [0, 0.1) is 19.3 Å². The van der Waals surface area contributed by atoms with Gasteiger partial charge >= 0.3 is 0 Å². The highest BCUT2D eigenvalue weighted by Gasteiger charge is 2.19. The molecule has 0 saturated carbocycles. The van der Waals surface area contributed by atoms with E-state index in [1.54, 1.807) is 11.3 Å². The van der Waals surface area contributed by atoms with Crippen molar-refractivity contribution in [3.05, 3.63) is 56.4 Å². The number of thiophene rings is 1. The average Bonchev–Trinajstić information content (AvgIpc) is 2.76. The molecule has 2 aromatic rings. The Balaban J connectivity index is 1.81. The van der Waals surface area contributed by atoms with Crippen LogP contribution in [0.3, 0.4) is 0 Å². The van der Waals surface area contributed by atoms with Gasteiger partial charge in [-0.3, -0.25) is 0 Å². The minimum absolute atomic E-state index is 0.234. The van der Waals surface area contributed by atoms with Crippen LogP contribution in [0.25, 0.3) is 0 Å². The van der Waals surface area contributed by atoms with Crippen LogP contribution in [-0.2, 0) is 13.0 Å². The third-order valence-corrected chi connectivity index (χ3v) is 6.29. The van der Waals surface area contributed by atoms with Crippen LogP contribution >= 0.6 is 22.9 Å².